The molecule has 3 saturated carbocycles. The van der Waals surface area contributed by atoms with E-state index in [1.54, 1.807) is 0 Å². The number of fused-ring (bicyclic) bond motifs is 6. The first kappa shape index (κ1) is 25.1. The molecule has 0 bridgehead atoms. The minimum Gasteiger partial charge on any atom is -0.398 e. The number of benzene rings is 4. The van der Waals surface area contributed by atoms with Gasteiger partial charge in [0.2, 0.25) is 11.8 Å². The molecule has 212 valence electrons. The molecule has 5 aliphatic rings. The van der Waals surface area contributed by atoms with Gasteiger partial charge in [-0.25, -0.2) is 0 Å². The number of carbonyl (C=O) groups excluding carboxylic acids is 2. The van der Waals surface area contributed by atoms with Crippen LogP contribution in [-0.2, 0) is 9.59 Å². The van der Waals surface area contributed by atoms with Crippen LogP contribution < -0.4 is 21.3 Å². The van der Waals surface area contributed by atoms with Crippen molar-refractivity contribution in [2.75, 3.05) is 46.1 Å². The number of alkyl halides is 2. The SMILES string of the molecule is Nc1cc2c(c3ccccc13)[C@H](CCl)CN2C(=O)C12CC3(C(=O)N4C[C@@H](CCl)c5c4cc(N)c4ccccc54)CC13C2. The van der Waals surface area contributed by atoms with Crippen LogP contribution >= 0.6 is 23.2 Å². The highest BCUT2D eigenvalue weighted by Gasteiger charge is 3.01. The van der Waals surface area contributed by atoms with Gasteiger partial charge in [0.15, 0.2) is 0 Å². The molecule has 1 spiro atoms. The third-order valence-corrected chi connectivity index (χ3v) is 12.2. The average Bonchev–Trinajstić information content (AvgIpc) is 3.53. The van der Waals surface area contributed by atoms with E-state index in [4.69, 9.17) is 34.7 Å². The average molecular weight is 598 g/mol. The van der Waals surface area contributed by atoms with Gasteiger partial charge in [0.25, 0.3) is 0 Å². The number of amides is 2. The zero-order valence-electron chi connectivity index (χ0n) is 23.0. The fourth-order valence-corrected chi connectivity index (χ4v) is 9.99. The first-order valence-corrected chi connectivity index (χ1v) is 15.8. The second-order valence-electron chi connectivity index (χ2n) is 13.2. The Kier molecular flexibility index (Phi) is 4.72. The van der Waals surface area contributed by atoms with Gasteiger partial charge in [0.05, 0.1) is 10.8 Å². The van der Waals surface area contributed by atoms with Crippen LogP contribution in [0.3, 0.4) is 0 Å². The maximum Gasteiger partial charge on any atom is 0.233 e. The summed E-state index contributed by atoms with van der Waals surface area (Å²) in [6, 6.07) is 20.0. The predicted molar refractivity (Wildman–Crippen MR) is 169 cm³/mol. The lowest BCUT2D eigenvalue weighted by atomic mass is 9.72. The van der Waals surface area contributed by atoms with Crippen molar-refractivity contribution < 1.29 is 9.59 Å². The summed E-state index contributed by atoms with van der Waals surface area (Å²) in [5, 5.41) is 4.11. The summed E-state index contributed by atoms with van der Waals surface area (Å²) >= 11 is 12.9. The Bertz CT molecular complexity index is 1790. The fourth-order valence-electron chi connectivity index (χ4n) is 9.48. The molecule has 8 heteroatoms. The number of halogens is 2. The topological polar surface area (TPSA) is 92.7 Å². The molecule has 6 nitrogen and oxygen atoms in total. The molecule has 0 aromatic heterocycles. The third-order valence-electron chi connectivity index (χ3n) is 11.5. The van der Waals surface area contributed by atoms with Gasteiger partial charge in [-0.3, -0.25) is 9.59 Å². The predicted octanol–water partition coefficient (Wildman–Crippen LogP) is 6.37. The van der Waals surface area contributed by atoms with E-state index in [-0.39, 0.29) is 29.1 Å². The molecule has 2 amide bonds. The van der Waals surface area contributed by atoms with Gasteiger partial charge in [-0.1, -0.05) is 48.5 Å². The minimum absolute atomic E-state index is 0.0433. The molecule has 2 heterocycles. The van der Waals surface area contributed by atoms with Crippen molar-refractivity contribution in [3.63, 3.8) is 0 Å². The van der Waals surface area contributed by atoms with E-state index in [2.05, 4.69) is 12.1 Å². The molecule has 3 fully saturated rings. The lowest BCUT2D eigenvalue weighted by molar-refractivity contribution is -0.134. The van der Waals surface area contributed by atoms with Gasteiger partial charge < -0.3 is 21.3 Å². The Morgan fingerprint density at radius 3 is 1.48 bits per heavy atom. The van der Waals surface area contributed by atoms with Crippen LogP contribution in [0, 0.1) is 16.2 Å². The van der Waals surface area contributed by atoms with E-state index in [9.17, 15) is 9.59 Å². The van der Waals surface area contributed by atoms with Gasteiger partial charge in [-0.15, -0.1) is 23.2 Å². The normalized spacial score (nSPS) is 31.4. The smallest absolute Gasteiger partial charge is 0.233 e. The molecule has 4 aromatic carbocycles. The van der Waals surface area contributed by atoms with Gasteiger partial charge in [0.1, 0.15) is 0 Å². The van der Waals surface area contributed by atoms with Crippen molar-refractivity contribution in [3.8, 4) is 0 Å². The van der Waals surface area contributed by atoms with E-state index in [1.807, 2.05) is 58.3 Å². The first-order valence-electron chi connectivity index (χ1n) is 14.7. The molecule has 2 aliphatic heterocycles. The molecule has 0 saturated heterocycles. The highest BCUT2D eigenvalue weighted by atomic mass is 35.5. The zero-order chi connectivity index (χ0) is 28.8. The zero-order valence-corrected chi connectivity index (χ0v) is 24.5. The van der Waals surface area contributed by atoms with Crippen molar-refractivity contribution in [2.24, 2.45) is 16.2 Å². The molecule has 4 N–H and O–H groups in total. The summed E-state index contributed by atoms with van der Waals surface area (Å²) in [6.07, 6.45) is 2.13. The fraction of sp³-hybridized carbons (Fsp3) is 0.353. The number of nitrogens with two attached hydrogens (primary N) is 2. The van der Waals surface area contributed by atoms with Gasteiger partial charge in [-0.2, -0.15) is 0 Å². The molecule has 2 unspecified atom stereocenters. The van der Waals surface area contributed by atoms with Crippen LogP contribution in [-0.4, -0.2) is 36.7 Å². The molecular weight excluding hydrogens is 567 g/mol. The van der Waals surface area contributed by atoms with Crippen molar-refractivity contribution >= 4 is 79.3 Å². The number of nitrogen functional groups attached to an aromatic ring is 2. The summed E-state index contributed by atoms with van der Waals surface area (Å²) in [5.41, 5.74) is 17.1. The van der Waals surface area contributed by atoms with Crippen LogP contribution in [0.15, 0.2) is 60.7 Å². The number of anilines is 4. The lowest BCUT2D eigenvalue weighted by Crippen LogP contribution is -2.49. The molecule has 3 aliphatic carbocycles. The Morgan fingerprint density at radius 1 is 0.690 bits per heavy atom. The Balaban J connectivity index is 1.04. The van der Waals surface area contributed by atoms with Gasteiger partial charge in [-0.05, 0) is 53.3 Å². The monoisotopic (exact) mass is 596 g/mol. The summed E-state index contributed by atoms with van der Waals surface area (Å²) in [5.74, 6) is 1.20. The number of nitrogens with zero attached hydrogens (tertiary/aromatic N) is 2. The van der Waals surface area contributed by atoms with Gasteiger partial charge in [0, 0.05) is 75.6 Å². The van der Waals surface area contributed by atoms with Crippen molar-refractivity contribution in [1.82, 2.24) is 0 Å². The standard InChI is InChI=1S/C34H30Cl2N4O2/c35-11-18-13-39(26-9-24(37)20-5-1-3-7-22(20)28(18)26)30(41)32-15-33(17-34(32,33)16-32)31(42)40-14-19(12-36)29-23-8-4-2-6-21(23)25(38)10-27(29)40/h1-10,18-19H,11-17,37-38H2/t18-,19-,32?,33?,34?/m1/s1. The van der Waals surface area contributed by atoms with Crippen molar-refractivity contribution in [1.29, 1.82) is 0 Å². The summed E-state index contributed by atoms with van der Waals surface area (Å²) in [6.45, 7) is 1.10. The summed E-state index contributed by atoms with van der Waals surface area (Å²) < 4.78 is 0. The van der Waals surface area contributed by atoms with E-state index in [0.29, 0.717) is 42.6 Å². The molecule has 0 radical (unpaired) electrons. The second kappa shape index (κ2) is 7.91. The number of hydrogen-bond acceptors (Lipinski definition) is 4. The Morgan fingerprint density at radius 2 is 1.10 bits per heavy atom. The Hall–Kier alpha value is -3.48. The summed E-state index contributed by atoms with van der Waals surface area (Å²) in [7, 11) is 0. The van der Waals surface area contributed by atoms with Crippen molar-refractivity contribution in [2.45, 2.75) is 31.1 Å². The van der Waals surface area contributed by atoms with Crippen LogP contribution in [0.4, 0.5) is 22.7 Å². The number of rotatable bonds is 4. The first-order chi connectivity index (χ1) is 20.3. The van der Waals surface area contributed by atoms with Gasteiger partial charge >= 0.3 is 0 Å². The largest absolute Gasteiger partial charge is 0.398 e. The van der Waals surface area contributed by atoms with E-state index in [0.717, 1.165) is 56.9 Å². The Labute approximate surface area is 253 Å². The van der Waals surface area contributed by atoms with E-state index >= 15 is 0 Å². The van der Waals surface area contributed by atoms with Crippen LogP contribution in [0.1, 0.15) is 42.2 Å². The molecule has 42 heavy (non-hydrogen) atoms. The summed E-state index contributed by atoms with van der Waals surface area (Å²) in [4.78, 5) is 32.6. The highest BCUT2D eigenvalue weighted by molar-refractivity contribution is 6.20. The maximum absolute atomic E-state index is 14.4. The van der Waals surface area contributed by atoms with E-state index < -0.39 is 10.8 Å². The number of carbonyl (C=O) groups is 2. The molecule has 4 atom stereocenters. The van der Waals surface area contributed by atoms with Crippen LogP contribution in [0.5, 0.6) is 0 Å². The highest BCUT2D eigenvalue weighted by Crippen LogP contribution is 3.01. The third kappa shape index (κ3) is 2.70. The molecular formula is C34H30Cl2N4O2. The quantitative estimate of drug-likeness (QED) is 0.211. The number of hydrogen-bond donors (Lipinski definition) is 2. The lowest BCUT2D eigenvalue weighted by Gasteiger charge is -2.37. The van der Waals surface area contributed by atoms with E-state index in [1.165, 1.54) is 0 Å². The maximum atomic E-state index is 14.4. The van der Waals surface area contributed by atoms with Crippen LogP contribution in [0.25, 0.3) is 21.5 Å². The second-order valence-corrected chi connectivity index (χ2v) is 13.8. The van der Waals surface area contributed by atoms with Crippen molar-refractivity contribution in [3.05, 3.63) is 71.8 Å². The molecule has 9 rings (SSSR count). The molecule has 4 aromatic rings. The van der Waals surface area contributed by atoms with Crippen LogP contribution in [0.2, 0.25) is 0 Å². The minimum atomic E-state index is -0.474.